The van der Waals surface area contributed by atoms with Gasteiger partial charge < -0.3 is 9.74 Å². The first kappa shape index (κ1) is 18.9. The minimum absolute atomic E-state index is 0.0605. The number of carbonyl (C=O) groups is 2. The SMILES string of the molecule is CN(C(=O)c1ccc(C#N)cc1)C1CCN(OC(=O)C(C)(C)C)CC1. The number of carbonyl (C=O) groups excluding carboxylic acids is 2. The van der Waals surface area contributed by atoms with Gasteiger partial charge in [0, 0.05) is 31.7 Å². The van der Waals surface area contributed by atoms with E-state index in [2.05, 4.69) is 0 Å². The molecule has 1 aliphatic heterocycles. The number of hydroxylamine groups is 2. The molecule has 1 aliphatic rings. The normalized spacial score (nSPS) is 16.1. The van der Waals surface area contributed by atoms with Gasteiger partial charge in [0.2, 0.25) is 0 Å². The highest BCUT2D eigenvalue weighted by Crippen LogP contribution is 2.21. The number of nitriles is 1. The van der Waals surface area contributed by atoms with E-state index in [9.17, 15) is 9.59 Å². The zero-order chi connectivity index (χ0) is 18.6. The summed E-state index contributed by atoms with van der Waals surface area (Å²) in [5.74, 6) is -0.303. The molecule has 0 bridgehead atoms. The van der Waals surface area contributed by atoms with E-state index >= 15 is 0 Å². The summed E-state index contributed by atoms with van der Waals surface area (Å²) >= 11 is 0. The average Bonchev–Trinajstić information content (AvgIpc) is 2.60. The highest BCUT2D eigenvalue weighted by Gasteiger charge is 2.30. The molecule has 25 heavy (non-hydrogen) atoms. The highest BCUT2D eigenvalue weighted by atomic mass is 16.7. The predicted octanol–water partition coefficient (Wildman–Crippen LogP) is 2.60. The van der Waals surface area contributed by atoms with Crippen molar-refractivity contribution in [2.75, 3.05) is 20.1 Å². The predicted molar refractivity (Wildman–Crippen MR) is 93.4 cm³/mol. The van der Waals surface area contributed by atoms with Crippen LogP contribution in [0, 0.1) is 16.7 Å². The van der Waals surface area contributed by atoms with Gasteiger partial charge >= 0.3 is 5.97 Å². The summed E-state index contributed by atoms with van der Waals surface area (Å²) in [6, 6.07) is 8.80. The Kier molecular flexibility index (Phi) is 5.81. The Morgan fingerprint density at radius 2 is 1.76 bits per heavy atom. The lowest BCUT2D eigenvalue weighted by Gasteiger charge is -2.36. The maximum Gasteiger partial charge on any atom is 0.330 e. The van der Waals surface area contributed by atoms with E-state index in [1.54, 1.807) is 41.3 Å². The van der Waals surface area contributed by atoms with Crippen LogP contribution in [-0.2, 0) is 9.63 Å². The van der Waals surface area contributed by atoms with Crippen molar-refractivity contribution in [2.45, 2.75) is 39.7 Å². The number of hydrogen-bond donors (Lipinski definition) is 0. The highest BCUT2D eigenvalue weighted by molar-refractivity contribution is 5.94. The van der Waals surface area contributed by atoms with Crippen molar-refractivity contribution in [3.8, 4) is 6.07 Å². The van der Waals surface area contributed by atoms with Gasteiger partial charge in [-0.1, -0.05) is 0 Å². The summed E-state index contributed by atoms with van der Waals surface area (Å²) in [4.78, 5) is 31.7. The molecule has 0 saturated carbocycles. The van der Waals surface area contributed by atoms with E-state index in [1.165, 1.54) is 0 Å². The van der Waals surface area contributed by atoms with Crippen molar-refractivity contribution in [3.05, 3.63) is 35.4 Å². The largest absolute Gasteiger partial charge is 0.367 e. The summed E-state index contributed by atoms with van der Waals surface area (Å²) < 4.78 is 0. The summed E-state index contributed by atoms with van der Waals surface area (Å²) in [7, 11) is 1.79. The number of piperidine rings is 1. The number of benzene rings is 1. The lowest BCUT2D eigenvalue weighted by Crippen LogP contribution is -2.46. The van der Waals surface area contributed by atoms with Crippen LogP contribution in [0.3, 0.4) is 0 Å². The Balaban J connectivity index is 1.90. The van der Waals surface area contributed by atoms with Crippen LogP contribution in [0.5, 0.6) is 0 Å². The number of nitrogens with zero attached hydrogens (tertiary/aromatic N) is 3. The van der Waals surface area contributed by atoms with Crippen LogP contribution in [0.15, 0.2) is 24.3 Å². The molecule has 1 saturated heterocycles. The Morgan fingerprint density at radius 3 is 2.24 bits per heavy atom. The zero-order valence-corrected chi connectivity index (χ0v) is 15.3. The number of rotatable bonds is 3. The van der Waals surface area contributed by atoms with Crippen molar-refractivity contribution < 1.29 is 14.4 Å². The summed E-state index contributed by atoms with van der Waals surface area (Å²) in [5, 5.41) is 10.5. The molecule has 1 amide bonds. The fourth-order valence-corrected chi connectivity index (χ4v) is 2.63. The van der Waals surface area contributed by atoms with Crippen molar-refractivity contribution in [1.82, 2.24) is 9.96 Å². The molecule has 0 radical (unpaired) electrons. The molecule has 0 spiro atoms. The van der Waals surface area contributed by atoms with Gasteiger partial charge in [-0.15, -0.1) is 5.06 Å². The van der Waals surface area contributed by atoms with Gasteiger partial charge in [-0.25, -0.2) is 4.79 Å². The van der Waals surface area contributed by atoms with E-state index in [-0.39, 0.29) is 17.9 Å². The van der Waals surface area contributed by atoms with Crippen LogP contribution in [0.25, 0.3) is 0 Å². The molecule has 0 aliphatic carbocycles. The second-order valence-electron chi connectivity index (χ2n) is 7.39. The van der Waals surface area contributed by atoms with Crippen molar-refractivity contribution >= 4 is 11.9 Å². The first-order chi connectivity index (χ1) is 11.7. The molecule has 0 unspecified atom stereocenters. The van der Waals surface area contributed by atoms with Gasteiger partial charge in [0.1, 0.15) is 0 Å². The van der Waals surface area contributed by atoms with Gasteiger partial charge in [0.25, 0.3) is 5.91 Å². The monoisotopic (exact) mass is 343 g/mol. The fraction of sp³-hybridized carbons (Fsp3) is 0.526. The molecule has 6 nitrogen and oxygen atoms in total. The first-order valence-corrected chi connectivity index (χ1v) is 8.47. The van der Waals surface area contributed by atoms with Gasteiger partial charge in [-0.2, -0.15) is 5.26 Å². The molecular weight excluding hydrogens is 318 g/mol. The van der Waals surface area contributed by atoms with Gasteiger partial charge in [-0.05, 0) is 57.9 Å². The number of hydrogen-bond acceptors (Lipinski definition) is 5. The topological polar surface area (TPSA) is 73.6 Å². The third-order valence-corrected chi connectivity index (χ3v) is 4.38. The van der Waals surface area contributed by atoms with Crippen LogP contribution in [0.2, 0.25) is 0 Å². The van der Waals surface area contributed by atoms with Crippen LogP contribution >= 0.6 is 0 Å². The van der Waals surface area contributed by atoms with Gasteiger partial charge in [0.05, 0.1) is 17.0 Å². The molecule has 1 aromatic rings. The van der Waals surface area contributed by atoms with Crippen LogP contribution in [-0.4, -0.2) is 48.0 Å². The maximum absolute atomic E-state index is 12.6. The molecule has 0 N–H and O–H groups in total. The standard InChI is InChI=1S/C19H25N3O3/c1-19(2,3)18(24)25-22-11-9-16(10-12-22)21(4)17(23)15-7-5-14(13-20)6-8-15/h5-8,16H,9-12H2,1-4H3. The van der Waals surface area contributed by atoms with Crippen LogP contribution in [0.1, 0.15) is 49.5 Å². The van der Waals surface area contributed by atoms with Crippen molar-refractivity contribution in [2.24, 2.45) is 5.41 Å². The second-order valence-corrected chi connectivity index (χ2v) is 7.39. The lowest BCUT2D eigenvalue weighted by atomic mass is 9.97. The maximum atomic E-state index is 12.6. The lowest BCUT2D eigenvalue weighted by molar-refractivity contribution is -0.205. The third kappa shape index (κ3) is 4.80. The second kappa shape index (κ2) is 7.66. The molecular formula is C19H25N3O3. The van der Waals surface area contributed by atoms with E-state index in [4.69, 9.17) is 10.1 Å². The third-order valence-electron chi connectivity index (χ3n) is 4.38. The molecule has 6 heteroatoms. The molecule has 2 rings (SSSR count). The Bertz CT molecular complexity index is 663. The molecule has 1 fully saturated rings. The molecule has 0 atom stereocenters. The van der Waals surface area contributed by atoms with Crippen molar-refractivity contribution in [3.63, 3.8) is 0 Å². The Hall–Kier alpha value is -2.39. The minimum atomic E-state index is -0.529. The Labute approximate surface area is 148 Å². The van der Waals surface area contributed by atoms with E-state index in [1.807, 2.05) is 26.8 Å². The average molecular weight is 343 g/mol. The molecule has 0 aromatic heterocycles. The van der Waals surface area contributed by atoms with E-state index in [0.717, 1.165) is 12.8 Å². The van der Waals surface area contributed by atoms with Crippen LogP contribution in [0.4, 0.5) is 0 Å². The molecule has 1 heterocycles. The molecule has 134 valence electrons. The zero-order valence-electron chi connectivity index (χ0n) is 15.3. The van der Waals surface area contributed by atoms with Crippen molar-refractivity contribution in [1.29, 1.82) is 5.26 Å². The van der Waals surface area contributed by atoms with E-state index in [0.29, 0.717) is 24.2 Å². The van der Waals surface area contributed by atoms with Gasteiger partial charge in [-0.3, -0.25) is 4.79 Å². The molecule has 1 aromatic carbocycles. The fourth-order valence-electron chi connectivity index (χ4n) is 2.63. The Morgan fingerprint density at radius 1 is 1.20 bits per heavy atom. The van der Waals surface area contributed by atoms with Gasteiger partial charge in [0.15, 0.2) is 0 Å². The smallest absolute Gasteiger partial charge is 0.330 e. The summed E-state index contributed by atoms with van der Waals surface area (Å²) in [5.41, 5.74) is 0.579. The van der Waals surface area contributed by atoms with Crippen LogP contribution < -0.4 is 0 Å². The summed E-state index contributed by atoms with van der Waals surface area (Å²) in [6.07, 6.45) is 1.49. The van der Waals surface area contributed by atoms with E-state index < -0.39 is 5.41 Å². The number of amides is 1. The minimum Gasteiger partial charge on any atom is -0.367 e. The first-order valence-electron chi connectivity index (χ1n) is 8.47. The quantitative estimate of drug-likeness (QED) is 0.843. The summed E-state index contributed by atoms with van der Waals surface area (Å²) in [6.45, 7) is 6.69.